The molecular formula is C23H28N4O4. The van der Waals surface area contributed by atoms with Gasteiger partial charge in [-0.05, 0) is 24.1 Å². The quantitative estimate of drug-likeness (QED) is 0.655. The van der Waals surface area contributed by atoms with Gasteiger partial charge in [0.1, 0.15) is 6.61 Å². The van der Waals surface area contributed by atoms with Gasteiger partial charge in [0.2, 0.25) is 11.8 Å². The van der Waals surface area contributed by atoms with Crippen LogP contribution in [0.25, 0.3) is 0 Å². The maximum absolute atomic E-state index is 12.4. The van der Waals surface area contributed by atoms with Crippen LogP contribution in [0.15, 0.2) is 54.7 Å². The molecule has 8 nitrogen and oxygen atoms in total. The lowest BCUT2D eigenvalue weighted by Gasteiger charge is -2.35. The number of carbonyl (C=O) groups is 3. The first-order valence-corrected chi connectivity index (χ1v) is 10.5. The van der Waals surface area contributed by atoms with Gasteiger partial charge in [0, 0.05) is 51.0 Å². The Hall–Kier alpha value is -3.42. The van der Waals surface area contributed by atoms with Gasteiger partial charge in [-0.2, -0.15) is 0 Å². The van der Waals surface area contributed by atoms with E-state index < -0.39 is 6.09 Å². The van der Waals surface area contributed by atoms with Crippen molar-refractivity contribution < 1.29 is 19.1 Å². The van der Waals surface area contributed by atoms with Crippen LogP contribution in [0.1, 0.15) is 24.1 Å². The zero-order valence-electron chi connectivity index (χ0n) is 17.5. The van der Waals surface area contributed by atoms with E-state index in [9.17, 15) is 14.4 Å². The summed E-state index contributed by atoms with van der Waals surface area (Å²) in [7, 11) is 0. The van der Waals surface area contributed by atoms with E-state index in [4.69, 9.17) is 4.74 Å². The molecule has 31 heavy (non-hydrogen) atoms. The summed E-state index contributed by atoms with van der Waals surface area (Å²) in [6, 6.07) is 15.0. The van der Waals surface area contributed by atoms with Crippen molar-refractivity contribution in [2.75, 3.05) is 32.7 Å². The number of piperazine rings is 1. The number of alkyl carbamates (subject to hydrolysis) is 1. The molecule has 0 atom stereocenters. The number of hydrogen-bond acceptors (Lipinski definition) is 5. The Balaban J connectivity index is 1.27. The van der Waals surface area contributed by atoms with Crippen molar-refractivity contribution in [3.8, 4) is 0 Å². The zero-order chi connectivity index (χ0) is 21.9. The molecular weight excluding hydrogens is 396 g/mol. The molecule has 1 saturated heterocycles. The van der Waals surface area contributed by atoms with Crippen LogP contribution in [0.2, 0.25) is 0 Å². The van der Waals surface area contributed by atoms with Gasteiger partial charge in [0.25, 0.3) is 0 Å². The molecule has 0 unspecified atom stereocenters. The molecule has 1 aromatic carbocycles. The van der Waals surface area contributed by atoms with Crippen LogP contribution in [0, 0.1) is 0 Å². The van der Waals surface area contributed by atoms with Crippen molar-refractivity contribution in [3.63, 3.8) is 0 Å². The fraction of sp³-hybridized carbons (Fsp3) is 0.391. The first-order valence-electron chi connectivity index (χ1n) is 10.5. The van der Waals surface area contributed by atoms with Crippen LogP contribution < -0.4 is 5.32 Å². The molecule has 1 fully saturated rings. The largest absolute Gasteiger partial charge is 0.445 e. The minimum absolute atomic E-state index is 0.0315. The summed E-state index contributed by atoms with van der Waals surface area (Å²) in [5.74, 6) is 0.0697. The molecule has 1 N–H and O–H groups in total. The van der Waals surface area contributed by atoms with Crippen LogP contribution in [-0.2, 0) is 27.4 Å². The number of benzene rings is 1. The Morgan fingerprint density at radius 1 is 0.903 bits per heavy atom. The summed E-state index contributed by atoms with van der Waals surface area (Å²) in [6.07, 6.45) is 2.35. The Morgan fingerprint density at radius 2 is 1.58 bits per heavy atom. The van der Waals surface area contributed by atoms with Gasteiger partial charge in [-0.25, -0.2) is 4.79 Å². The lowest BCUT2D eigenvalue weighted by atomic mass is 10.2. The van der Waals surface area contributed by atoms with Gasteiger partial charge in [-0.15, -0.1) is 0 Å². The summed E-state index contributed by atoms with van der Waals surface area (Å²) < 4.78 is 5.14. The summed E-state index contributed by atoms with van der Waals surface area (Å²) >= 11 is 0. The van der Waals surface area contributed by atoms with E-state index in [0.717, 1.165) is 11.3 Å². The third-order valence-electron chi connectivity index (χ3n) is 5.09. The first kappa shape index (κ1) is 22.3. The molecule has 164 valence electrons. The van der Waals surface area contributed by atoms with E-state index >= 15 is 0 Å². The average Bonchev–Trinajstić information content (AvgIpc) is 2.82. The number of amides is 3. The summed E-state index contributed by atoms with van der Waals surface area (Å²) in [4.78, 5) is 44.2. The van der Waals surface area contributed by atoms with Crippen molar-refractivity contribution in [2.45, 2.75) is 25.9 Å². The third-order valence-corrected chi connectivity index (χ3v) is 5.09. The number of hydrogen-bond donors (Lipinski definition) is 1. The van der Waals surface area contributed by atoms with E-state index in [1.807, 2.05) is 48.5 Å². The van der Waals surface area contributed by atoms with Gasteiger partial charge >= 0.3 is 6.09 Å². The highest BCUT2D eigenvalue weighted by molar-refractivity contribution is 5.79. The minimum Gasteiger partial charge on any atom is -0.445 e. The maximum Gasteiger partial charge on any atom is 0.407 e. The van der Waals surface area contributed by atoms with Crippen LogP contribution >= 0.6 is 0 Å². The number of rotatable bonds is 8. The third kappa shape index (κ3) is 7.40. The number of nitrogens with one attached hydrogen (secondary N) is 1. The molecule has 0 bridgehead atoms. The highest BCUT2D eigenvalue weighted by Crippen LogP contribution is 2.08. The Kier molecular flexibility index (Phi) is 8.39. The minimum atomic E-state index is -0.490. The lowest BCUT2D eigenvalue weighted by Crippen LogP contribution is -2.51. The van der Waals surface area contributed by atoms with Gasteiger partial charge in [-0.1, -0.05) is 36.4 Å². The van der Waals surface area contributed by atoms with E-state index in [0.29, 0.717) is 45.6 Å². The second kappa shape index (κ2) is 11.7. The monoisotopic (exact) mass is 424 g/mol. The summed E-state index contributed by atoms with van der Waals surface area (Å²) in [5, 5.41) is 2.67. The Labute approximate surface area is 182 Å². The van der Waals surface area contributed by atoms with Crippen molar-refractivity contribution in [1.29, 1.82) is 0 Å². The average molecular weight is 425 g/mol. The molecule has 0 saturated carbocycles. The first-order chi connectivity index (χ1) is 15.1. The fourth-order valence-corrected chi connectivity index (χ4v) is 3.34. The smallest absolute Gasteiger partial charge is 0.407 e. The van der Waals surface area contributed by atoms with Gasteiger partial charge in [0.15, 0.2) is 0 Å². The summed E-state index contributed by atoms with van der Waals surface area (Å²) in [5.41, 5.74) is 1.67. The standard InChI is InChI=1S/C23H28N4O4/c28-21(10-6-12-25-23(30)31-18-19-7-2-1-3-8-19)26-13-15-27(16-14-26)22(29)17-20-9-4-5-11-24-20/h1-5,7-9,11H,6,10,12-18H2,(H,25,30). The summed E-state index contributed by atoms with van der Waals surface area (Å²) in [6.45, 7) is 2.71. The number of nitrogens with zero attached hydrogens (tertiary/aromatic N) is 3. The van der Waals surface area contributed by atoms with Crippen molar-refractivity contribution in [3.05, 3.63) is 66.0 Å². The fourth-order valence-electron chi connectivity index (χ4n) is 3.34. The van der Waals surface area contributed by atoms with Crippen LogP contribution in [0.5, 0.6) is 0 Å². The molecule has 2 aromatic rings. The molecule has 3 rings (SSSR count). The van der Waals surface area contributed by atoms with Crippen molar-refractivity contribution >= 4 is 17.9 Å². The molecule has 1 aromatic heterocycles. The number of aromatic nitrogens is 1. The van der Waals surface area contributed by atoms with Gasteiger partial charge < -0.3 is 19.9 Å². The van der Waals surface area contributed by atoms with Crippen molar-refractivity contribution in [2.24, 2.45) is 0 Å². The SMILES string of the molecule is O=C(NCCCC(=O)N1CCN(C(=O)Cc2ccccn2)CC1)OCc1ccccc1. The Bertz CT molecular complexity index is 852. The molecule has 0 spiro atoms. The zero-order valence-corrected chi connectivity index (χ0v) is 17.5. The molecule has 8 heteroatoms. The molecule has 1 aliphatic rings. The highest BCUT2D eigenvalue weighted by atomic mass is 16.5. The van der Waals surface area contributed by atoms with Gasteiger partial charge in [-0.3, -0.25) is 14.6 Å². The predicted molar refractivity (Wildman–Crippen MR) is 115 cm³/mol. The van der Waals surface area contributed by atoms with Crippen molar-refractivity contribution in [1.82, 2.24) is 20.1 Å². The second-order valence-electron chi connectivity index (χ2n) is 7.35. The number of pyridine rings is 1. The van der Waals surface area contributed by atoms with Crippen LogP contribution in [-0.4, -0.2) is 65.4 Å². The maximum atomic E-state index is 12.4. The molecule has 0 aliphatic carbocycles. The number of carbonyl (C=O) groups excluding carboxylic acids is 3. The van der Waals surface area contributed by atoms with E-state index in [1.54, 1.807) is 16.0 Å². The lowest BCUT2D eigenvalue weighted by molar-refractivity contribution is -0.139. The second-order valence-corrected chi connectivity index (χ2v) is 7.35. The normalized spacial score (nSPS) is 13.5. The highest BCUT2D eigenvalue weighted by Gasteiger charge is 2.24. The Morgan fingerprint density at radius 3 is 2.26 bits per heavy atom. The molecule has 2 heterocycles. The van der Waals surface area contributed by atoms with E-state index in [-0.39, 0.29) is 24.8 Å². The van der Waals surface area contributed by atoms with E-state index in [1.165, 1.54) is 0 Å². The molecule has 1 aliphatic heterocycles. The van der Waals surface area contributed by atoms with E-state index in [2.05, 4.69) is 10.3 Å². The predicted octanol–water partition coefficient (Wildman–Crippen LogP) is 2.00. The topological polar surface area (TPSA) is 91.8 Å². The molecule has 0 radical (unpaired) electrons. The van der Waals surface area contributed by atoms with Gasteiger partial charge in [0.05, 0.1) is 6.42 Å². The molecule has 3 amide bonds. The number of ether oxygens (including phenoxy) is 1. The van der Waals surface area contributed by atoms with Crippen LogP contribution in [0.3, 0.4) is 0 Å². The van der Waals surface area contributed by atoms with Crippen LogP contribution in [0.4, 0.5) is 4.79 Å².